The second kappa shape index (κ2) is 4.67. The highest BCUT2D eigenvalue weighted by Gasteiger charge is 1.73. The molecule has 1 radical (unpaired) electrons. The molecule has 0 N–H and O–H groups in total. The van der Waals surface area contributed by atoms with Gasteiger partial charge in [0.15, 0.2) is 0 Å². The predicted molar refractivity (Wildman–Crippen MR) is 27.7 cm³/mol. The van der Waals surface area contributed by atoms with E-state index in [2.05, 4.69) is 6.92 Å². The van der Waals surface area contributed by atoms with Gasteiger partial charge in [-0.2, -0.15) is 5.41 Å². The molecule has 0 atom stereocenters. The Kier molecular flexibility index (Phi) is 4.41. The lowest BCUT2D eigenvalue weighted by atomic mass is 10.3. The monoisotopic (exact) mass is 84.1 g/mol. The van der Waals surface area contributed by atoms with Crippen molar-refractivity contribution in [1.29, 1.82) is 0 Å². The van der Waals surface area contributed by atoms with Crippen LogP contribution in [0.4, 0.5) is 0 Å². The van der Waals surface area contributed by atoms with Gasteiger partial charge in [0.05, 0.1) is 0 Å². The van der Waals surface area contributed by atoms with Crippen molar-refractivity contribution in [3.8, 4) is 0 Å². The van der Waals surface area contributed by atoms with Gasteiger partial charge in [0, 0.05) is 6.21 Å². The van der Waals surface area contributed by atoms with Gasteiger partial charge in [-0.25, -0.2) is 0 Å². The molecule has 0 rings (SSSR count). The SMILES string of the molecule is CCCCC=[N]. The summed E-state index contributed by atoms with van der Waals surface area (Å²) < 4.78 is 0. The van der Waals surface area contributed by atoms with Gasteiger partial charge in [-0.15, -0.1) is 0 Å². The van der Waals surface area contributed by atoms with E-state index in [9.17, 15) is 0 Å². The molecule has 0 spiro atoms. The summed E-state index contributed by atoms with van der Waals surface area (Å²) >= 11 is 0. The van der Waals surface area contributed by atoms with Crippen molar-refractivity contribution in [2.45, 2.75) is 26.2 Å². The van der Waals surface area contributed by atoms with E-state index in [0.29, 0.717) is 0 Å². The van der Waals surface area contributed by atoms with Gasteiger partial charge in [-0.1, -0.05) is 13.3 Å². The zero-order valence-electron chi connectivity index (χ0n) is 4.15. The minimum Gasteiger partial charge on any atom is -0.164 e. The van der Waals surface area contributed by atoms with Gasteiger partial charge >= 0.3 is 0 Å². The second-order valence-electron chi connectivity index (χ2n) is 1.32. The molecule has 0 aromatic rings. The molecule has 0 aliphatic rings. The van der Waals surface area contributed by atoms with Crippen LogP contribution in [0.3, 0.4) is 0 Å². The smallest absolute Gasteiger partial charge is 0.0270 e. The molecular weight excluding hydrogens is 74.1 g/mol. The molecular formula is C5H10N. The second-order valence-corrected chi connectivity index (χ2v) is 1.32. The highest BCUT2D eigenvalue weighted by atomic mass is 14.3. The first-order chi connectivity index (χ1) is 2.91. The Balaban J connectivity index is 2.49. The third kappa shape index (κ3) is 3.67. The molecule has 0 amide bonds. The summed E-state index contributed by atoms with van der Waals surface area (Å²) in [5.41, 5.74) is 0. The highest BCUT2D eigenvalue weighted by Crippen LogP contribution is 1.86. The van der Waals surface area contributed by atoms with E-state index in [4.69, 9.17) is 5.41 Å². The van der Waals surface area contributed by atoms with E-state index in [-0.39, 0.29) is 0 Å². The van der Waals surface area contributed by atoms with Crippen molar-refractivity contribution in [1.82, 2.24) is 5.41 Å². The number of hydrogen-bond donors (Lipinski definition) is 0. The number of hydrogen-bond acceptors (Lipinski definition) is 0. The summed E-state index contributed by atoms with van der Waals surface area (Å²) in [5, 5.41) is 8.07. The Labute approximate surface area is 38.9 Å². The van der Waals surface area contributed by atoms with Gasteiger partial charge in [0.25, 0.3) is 0 Å². The maximum absolute atomic E-state index is 8.07. The van der Waals surface area contributed by atoms with E-state index in [1.54, 1.807) is 0 Å². The molecule has 35 valence electrons. The average molecular weight is 84.1 g/mol. The normalized spacial score (nSPS) is 8.17. The van der Waals surface area contributed by atoms with Crippen LogP contribution in [0.15, 0.2) is 0 Å². The van der Waals surface area contributed by atoms with Crippen LogP contribution >= 0.6 is 0 Å². The van der Waals surface area contributed by atoms with Crippen molar-refractivity contribution in [3.05, 3.63) is 0 Å². The van der Waals surface area contributed by atoms with E-state index in [1.807, 2.05) is 0 Å². The average Bonchev–Trinajstić information content (AvgIpc) is 1.61. The van der Waals surface area contributed by atoms with Crippen LogP contribution < -0.4 is 5.41 Å². The van der Waals surface area contributed by atoms with E-state index in [0.717, 1.165) is 19.3 Å². The lowest BCUT2D eigenvalue weighted by Crippen LogP contribution is -1.72. The minimum absolute atomic E-state index is 0.844. The molecule has 0 saturated carbocycles. The Bertz CT molecular complexity index is 32.9. The fourth-order valence-corrected chi connectivity index (χ4v) is 0.295. The van der Waals surface area contributed by atoms with Crippen molar-refractivity contribution >= 4 is 6.21 Å². The Morgan fingerprint density at radius 2 is 2.33 bits per heavy atom. The van der Waals surface area contributed by atoms with Gasteiger partial charge < -0.3 is 0 Å². The first-order valence-corrected chi connectivity index (χ1v) is 2.37. The van der Waals surface area contributed by atoms with Crippen molar-refractivity contribution in [2.24, 2.45) is 0 Å². The lowest BCUT2D eigenvalue weighted by molar-refractivity contribution is 0.843. The fraction of sp³-hybridized carbons (Fsp3) is 0.800. The van der Waals surface area contributed by atoms with Crippen molar-refractivity contribution < 1.29 is 0 Å². The van der Waals surface area contributed by atoms with Crippen LogP contribution in [0, 0.1) is 0 Å². The van der Waals surface area contributed by atoms with Crippen LogP contribution in [-0.4, -0.2) is 6.21 Å². The molecule has 0 unspecified atom stereocenters. The van der Waals surface area contributed by atoms with Gasteiger partial charge in [-0.3, -0.25) is 0 Å². The third-order valence-electron chi connectivity index (χ3n) is 0.687. The Hall–Kier alpha value is -0.330. The zero-order chi connectivity index (χ0) is 4.83. The molecule has 1 heteroatoms. The Morgan fingerprint density at radius 3 is 2.50 bits per heavy atom. The van der Waals surface area contributed by atoms with Gasteiger partial charge in [0.1, 0.15) is 0 Å². The molecule has 0 bridgehead atoms. The largest absolute Gasteiger partial charge is 0.164 e. The third-order valence-corrected chi connectivity index (χ3v) is 0.687. The zero-order valence-corrected chi connectivity index (χ0v) is 4.15. The molecule has 6 heavy (non-hydrogen) atoms. The van der Waals surface area contributed by atoms with E-state index >= 15 is 0 Å². The topological polar surface area (TPSA) is 22.3 Å². The summed E-state index contributed by atoms with van der Waals surface area (Å²) in [6, 6.07) is 0. The molecule has 0 fully saturated rings. The molecule has 0 aliphatic heterocycles. The molecule has 0 saturated heterocycles. The van der Waals surface area contributed by atoms with Crippen molar-refractivity contribution in [3.63, 3.8) is 0 Å². The molecule has 1 nitrogen and oxygen atoms in total. The quantitative estimate of drug-likeness (QED) is 0.360. The van der Waals surface area contributed by atoms with Crippen LogP contribution in [0.25, 0.3) is 0 Å². The summed E-state index contributed by atoms with van der Waals surface area (Å²) in [4.78, 5) is 0. The molecule has 0 aromatic carbocycles. The lowest BCUT2D eigenvalue weighted by Gasteiger charge is -1.80. The summed E-state index contributed by atoms with van der Waals surface area (Å²) in [6.07, 6.45) is 4.33. The maximum atomic E-state index is 8.07. The molecule has 0 aromatic heterocycles. The standard InChI is InChI=1S/C5H10N/c1-2-3-4-5-6/h5H,2-4H2,1H3. The minimum atomic E-state index is 0.844. The van der Waals surface area contributed by atoms with Crippen LogP contribution in [0.2, 0.25) is 0 Å². The van der Waals surface area contributed by atoms with Gasteiger partial charge in [-0.05, 0) is 12.8 Å². The summed E-state index contributed by atoms with van der Waals surface area (Å²) in [7, 11) is 0. The van der Waals surface area contributed by atoms with Gasteiger partial charge in [0.2, 0.25) is 0 Å². The summed E-state index contributed by atoms with van der Waals surface area (Å²) in [5.74, 6) is 0. The number of nitrogens with zero attached hydrogens (tertiary/aromatic N) is 1. The molecule has 0 heterocycles. The van der Waals surface area contributed by atoms with E-state index < -0.39 is 0 Å². The Morgan fingerprint density at radius 1 is 1.67 bits per heavy atom. The summed E-state index contributed by atoms with van der Waals surface area (Å²) in [6.45, 7) is 2.10. The van der Waals surface area contributed by atoms with Crippen molar-refractivity contribution in [2.75, 3.05) is 0 Å². The first-order valence-electron chi connectivity index (χ1n) is 2.37. The van der Waals surface area contributed by atoms with Crippen LogP contribution in [0.5, 0.6) is 0 Å². The maximum Gasteiger partial charge on any atom is 0.0270 e. The highest BCUT2D eigenvalue weighted by molar-refractivity contribution is 5.53. The predicted octanol–water partition coefficient (Wildman–Crippen LogP) is 1.05. The van der Waals surface area contributed by atoms with Crippen LogP contribution in [-0.2, 0) is 0 Å². The first kappa shape index (κ1) is 5.67. The van der Waals surface area contributed by atoms with E-state index in [1.165, 1.54) is 6.21 Å². The van der Waals surface area contributed by atoms with Crippen LogP contribution in [0.1, 0.15) is 26.2 Å². The fourth-order valence-electron chi connectivity index (χ4n) is 0.295. The number of rotatable bonds is 3. The number of unbranched alkanes of at least 4 members (excludes halogenated alkanes) is 2. The molecule has 0 aliphatic carbocycles.